The lowest BCUT2D eigenvalue weighted by Crippen LogP contribution is -2.30. The molecule has 5 nitrogen and oxygen atoms in total. The second kappa shape index (κ2) is 9.27. The summed E-state index contributed by atoms with van der Waals surface area (Å²) in [5, 5.41) is 1.11. The Morgan fingerprint density at radius 1 is 1.14 bits per heavy atom. The van der Waals surface area contributed by atoms with Crippen LogP contribution < -0.4 is 5.56 Å². The third-order valence-corrected chi connectivity index (χ3v) is 6.08. The van der Waals surface area contributed by atoms with E-state index in [9.17, 15) is 9.59 Å². The second-order valence-electron chi connectivity index (χ2n) is 7.23. The Bertz CT molecular complexity index is 1090. The van der Waals surface area contributed by atoms with Gasteiger partial charge in [-0.15, -0.1) is 0 Å². The van der Waals surface area contributed by atoms with Gasteiger partial charge in [-0.25, -0.2) is 4.98 Å². The van der Waals surface area contributed by atoms with Crippen molar-refractivity contribution < 1.29 is 4.79 Å². The van der Waals surface area contributed by atoms with E-state index in [1.807, 2.05) is 57.3 Å². The summed E-state index contributed by atoms with van der Waals surface area (Å²) in [6, 6.07) is 13.2. The molecular formula is C23H27N3O2S. The summed E-state index contributed by atoms with van der Waals surface area (Å²) in [4.78, 5) is 32.4. The molecule has 3 aromatic rings. The fraction of sp³-hybridized carbons (Fsp3) is 0.348. The number of aromatic nitrogens is 2. The van der Waals surface area contributed by atoms with Gasteiger partial charge in [-0.05, 0) is 49.6 Å². The number of rotatable bonds is 7. The number of amides is 1. The van der Waals surface area contributed by atoms with Crippen LogP contribution in [0.4, 0.5) is 0 Å². The van der Waals surface area contributed by atoms with Gasteiger partial charge in [0.15, 0.2) is 5.16 Å². The van der Waals surface area contributed by atoms with E-state index in [1.54, 1.807) is 15.5 Å². The van der Waals surface area contributed by atoms with Crippen LogP contribution in [0.5, 0.6) is 0 Å². The first-order chi connectivity index (χ1) is 13.9. The van der Waals surface area contributed by atoms with Crippen molar-refractivity contribution in [2.45, 2.75) is 38.8 Å². The highest BCUT2D eigenvalue weighted by Crippen LogP contribution is 2.24. The van der Waals surface area contributed by atoms with E-state index < -0.39 is 0 Å². The Labute approximate surface area is 175 Å². The van der Waals surface area contributed by atoms with Crippen LogP contribution in [0.1, 0.15) is 30.9 Å². The summed E-state index contributed by atoms with van der Waals surface area (Å²) >= 11 is 1.32. The topological polar surface area (TPSA) is 55.2 Å². The minimum absolute atomic E-state index is 0.0402. The zero-order chi connectivity index (χ0) is 21.0. The molecule has 1 aromatic heterocycles. The normalized spacial score (nSPS) is 11.0. The molecule has 152 valence electrons. The molecular weight excluding hydrogens is 382 g/mol. The van der Waals surface area contributed by atoms with Gasteiger partial charge in [0.1, 0.15) is 0 Å². The predicted molar refractivity (Wildman–Crippen MR) is 120 cm³/mol. The lowest BCUT2D eigenvalue weighted by Gasteiger charge is -2.18. The van der Waals surface area contributed by atoms with Crippen LogP contribution in [-0.4, -0.2) is 39.7 Å². The van der Waals surface area contributed by atoms with Crippen LogP contribution in [0.2, 0.25) is 0 Å². The SMILES string of the molecule is CCCCN(C)C(=O)CSc1nc2ccccc2c(=O)n1-c1cccc(C)c1C. The number of hydrogen-bond acceptors (Lipinski definition) is 4. The molecule has 0 atom stereocenters. The van der Waals surface area contributed by atoms with E-state index in [1.165, 1.54) is 11.8 Å². The van der Waals surface area contributed by atoms with Crippen LogP contribution in [0.3, 0.4) is 0 Å². The summed E-state index contributed by atoms with van der Waals surface area (Å²) in [5.74, 6) is 0.286. The highest BCUT2D eigenvalue weighted by Gasteiger charge is 2.17. The molecule has 0 aliphatic rings. The molecule has 29 heavy (non-hydrogen) atoms. The Morgan fingerprint density at radius 2 is 1.90 bits per heavy atom. The number of unbranched alkanes of at least 4 members (excludes halogenated alkanes) is 1. The lowest BCUT2D eigenvalue weighted by molar-refractivity contribution is -0.127. The summed E-state index contributed by atoms with van der Waals surface area (Å²) in [5.41, 5.74) is 3.48. The molecule has 0 unspecified atom stereocenters. The second-order valence-corrected chi connectivity index (χ2v) is 8.17. The maximum atomic E-state index is 13.3. The number of thioether (sulfide) groups is 1. The maximum absolute atomic E-state index is 13.3. The molecule has 1 amide bonds. The minimum atomic E-state index is -0.112. The van der Waals surface area contributed by atoms with Gasteiger partial charge in [0.25, 0.3) is 5.56 Å². The molecule has 0 bridgehead atoms. The molecule has 1 heterocycles. The maximum Gasteiger partial charge on any atom is 0.266 e. The van der Waals surface area contributed by atoms with Gasteiger partial charge < -0.3 is 4.90 Å². The molecule has 3 rings (SSSR count). The van der Waals surface area contributed by atoms with Crippen LogP contribution in [-0.2, 0) is 4.79 Å². The smallest absolute Gasteiger partial charge is 0.266 e. The van der Waals surface area contributed by atoms with Gasteiger partial charge in [0, 0.05) is 13.6 Å². The van der Waals surface area contributed by atoms with E-state index in [-0.39, 0.29) is 17.2 Å². The zero-order valence-electron chi connectivity index (χ0n) is 17.4. The summed E-state index contributed by atoms with van der Waals surface area (Å²) < 4.78 is 1.65. The third-order valence-electron chi connectivity index (χ3n) is 5.16. The van der Waals surface area contributed by atoms with Gasteiger partial charge in [-0.1, -0.05) is 49.4 Å². The minimum Gasteiger partial charge on any atom is -0.345 e. The fourth-order valence-electron chi connectivity index (χ4n) is 3.16. The Morgan fingerprint density at radius 3 is 2.66 bits per heavy atom. The number of carbonyl (C=O) groups excluding carboxylic acids is 1. The highest BCUT2D eigenvalue weighted by molar-refractivity contribution is 7.99. The number of para-hydroxylation sites is 1. The third kappa shape index (κ3) is 4.53. The first-order valence-corrected chi connectivity index (χ1v) is 10.9. The summed E-state index contributed by atoms with van der Waals surface area (Å²) in [7, 11) is 1.82. The van der Waals surface area contributed by atoms with Crippen LogP contribution >= 0.6 is 11.8 Å². The molecule has 0 aliphatic heterocycles. The van der Waals surface area contributed by atoms with E-state index in [4.69, 9.17) is 4.98 Å². The van der Waals surface area contributed by atoms with E-state index in [0.717, 1.165) is 36.2 Å². The van der Waals surface area contributed by atoms with Crippen molar-refractivity contribution in [2.75, 3.05) is 19.3 Å². The van der Waals surface area contributed by atoms with Crippen molar-refractivity contribution in [2.24, 2.45) is 0 Å². The van der Waals surface area contributed by atoms with Crippen LogP contribution in [0.25, 0.3) is 16.6 Å². The van der Waals surface area contributed by atoms with Gasteiger partial charge in [0.2, 0.25) is 5.91 Å². The molecule has 0 saturated carbocycles. The average Bonchev–Trinajstić information content (AvgIpc) is 2.72. The van der Waals surface area contributed by atoms with Crippen molar-refractivity contribution in [1.29, 1.82) is 0 Å². The molecule has 0 radical (unpaired) electrons. The number of fused-ring (bicyclic) bond motifs is 1. The van der Waals surface area contributed by atoms with E-state index in [2.05, 4.69) is 6.92 Å². The van der Waals surface area contributed by atoms with Gasteiger partial charge in [-0.3, -0.25) is 14.2 Å². The number of hydrogen-bond donors (Lipinski definition) is 0. The number of nitrogens with zero attached hydrogens (tertiary/aromatic N) is 3. The molecule has 6 heteroatoms. The standard InChI is InChI=1S/C23H27N3O2S/c1-5-6-14-25(4)21(27)15-29-23-24-19-12-8-7-11-18(19)22(28)26(23)20-13-9-10-16(2)17(20)3/h7-13H,5-6,14-15H2,1-4H3. The number of carbonyl (C=O) groups is 1. The molecule has 0 fully saturated rings. The number of aryl methyl sites for hydroxylation is 1. The van der Waals surface area contributed by atoms with Gasteiger partial charge >= 0.3 is 0 Å². The highest BCUT2D eigenvalue weighted by atomic mass is 32.2. The zero-order valence-corrected chi connectivity index (χ0v) is 18.3. The first kappa shape index (κ1) is 21.1. The van der Waals surface area contributed by atoms with Crippen molar-refractivity contribution >= 4 is 28.6 Å². The van der Waals surface area contributed by atoms with Gasteiger partial charge in [-0.2, -0.15) is 0 Å². The Hall–Kier alpha value is -2.60. The summed E-state index contributed by atoms with van der Waals surface area (Å²) in [6.07, 6.45) is 2.03. The average molecular weight is 410 g/mol. The predicted octanol–water partition coefficient (Wildman–Crippen LogP) is 4.35. The van der Waals surface area contributed by atoms with Gasteiger partial charge in [0.05, 0.1) is 22.3 Å². The fourth-order valence-corrected chi connectivity index (χ4v) is 4.10. The monoisotopic (exact) mass is 409 g/mol. The van der Waals surface area contributed by atoms with Crippen molar-refractivity contribution in [3.8, 4) is 5.69 Å². The molecule has 2 aromatic carbocycles. The summed E-state index contributed by atoms with van der Waals surface area (Å²) in [6.45, 7) is 6.88. The van der Waals surface area contributed by atoms with E-state index >= 15 is 0 Å². The number of benzene rings is 2. The van der Waals surface area contributed by atoms with Crippen LogP contribution in [0.15, 0.2) is 52.4 Å². The van der Waals surface area contributed by atoms with Crippen LogP contribution in [0, 0.1) is 13.8 Å². The van der Waals surface area contributed by atoms with Crippen molar-refractivity contribution in [3.05, 3.63) is 63.9 Å². The quantitative estimate of drug-likeness (QED) is 0.430. The van der Waals surface area contributed by atoms with Crippen molar-refractivity contribution in [3.63, 3.8) is 0 Å². The van der Waals surface area contributed by atoms with E-state index in [0.29, 0.717) is 16.1 Å². The lowest BCUT2D eigenvalue weighted by atomic mass is 10.1. The first-order valence-electron chi connectivity index (χ1n) is 9.89. The largest absolute Gasteiger partial charge is 0.345 e. The van der Waals surface area contributed by atoms with Crippen molar-refractivity contribution in [1.82, 2.24) is 14.5 Å². The Balaban J connectivity index is 2.05. The molecule has 0 aliphatic carbocycles. The Kier molecular flexibility index (Phi) is 6.75. The molecule has 0 saturated heterocycles. The molecule has 0 N–H and O–H groups in total. The molecule has 0 spiro atoms.